The number of para-hydroxylation sites is 1. The van der Waals surface area contributed by atoms with Gasteiger partial charge in [0.25, 0.3) is 0 Å². The molecule has 29 heavy (non-hydrogen) atoms. The molecule has 8 nitrogen and oxygen atoms in total. The maximum absolute atomic E-state index is 14.0. The molecular weight excluding hydrogens is 399 g/mol. The Balaban J connectivity index is 1.67. The molecule has 1 N–H and O–H groups in total. The van der Waals surface area contributed by atoms with Gasteiger partial charge in [0.2, 0.25) is 27.6 Å². The number of hydrogen-bond donors (Lipinski definition) is 1. The molecule has 152 valence electrons. The Morgan fingerprint density at radius 1 is 1.21 bits per heavy atom. The number of halogens is 1. The third kappa shape index (κ3) is 5.17. The summed E-state index contributed by atoms with van der Waals surface area (Å²) in [4.78, 5) is 16.5. The Hall–Kier alpha value is -3.27. The van der Waals surface area contributed by atoms with Gasteiger partial charge in [-0.05, 0) is 25.1 Å². The molecule has 0 aliphatic heterocycles. The number of benzene rings is 2. The quantitative estimate of drug-likeness (QED) is 0.631. The molecule has 0 fully saturated rings. The van der Waals surface area contributed by atoms with Gasteiger partial charge in [-0.25, -0.2) is 12.8 Å². The second-order valence-electron chi connectivity index (χ2n) is 6.38. The summed E-state index contributed by atoms with van der Waals surface area (Å²) in [6, 6.07) is 12.9. The second kappa shape index (κ2) is 8.39. The van der Waals surface area contributed by atoms with Crippen LogP contribution in [-0.2, 0) is 21.4 Å². The number of aromatic nitrogens is 2. The zero-order valence-corrected chi connectivity index (χ0v) is 16.6. The first-order chi connectivity index (χ1) is 13.7. The zero-order chi connectivity index (χ0) is 21.0. The van der Waals surface area contributed by atoms with E-state index in [0.717, 1.165) is 23.4 Å². The number of aryl methyl sites for hydroxylation is 1. The van der Waals surface area contributed by atoms with Crippen molar-refractivity contribution in [2.45, 2.75) is 13.5 Å². The maximum atomic E-state index is 14.0. The van der Waals surface area contributed by atoms with E-state index in [1.54, 1.807) is 0 Å². The van der Waals surface area contributed by atoms with Gasteiger partial charge in [-0.15, -0.1) is 0 Å². The van der Waals surface area contributed by atoms with Crippen LogP contribution in [0.4, 0.5) is 10.1 Å². The molecular formula is C19H19FN4O4S. The molecule has 0 atom stereocenters. The average molecular weight is 418 g/mol. The Morgan fingerprint density at radius 3 is 2.66 bits per heavy atom. The number of carbonyl (C=O) groups excluding carboxylic acids is 1. The van der Waals surface area contributed by atoms with Gasteiger partial charge in [0.15, 0.2) is 0 Å². The Bertz CT molecular complexity index is 1130. The summed E-state index contributed by atoms with van der Waals surface area (Å²) in [7, 11) is -3.87. The average Bonchev–Trinajstić information content (AvgIpc) is 3.13. The molecule has 1 amide bonds. The molecule has 0 aliphatic carbocycles. The summed E-state index contributed by atoms with van der Waals surface area (Å²) in [5.41, 5.74) is 1.61. The number of carbonyl (C=O) groups is 1. The second-order valence-corrected chi connectivity index (χ2v) is 8.29. The smallest absolute Gasteiger partial charge is 0.246 e. The van der Waals surface area contributed by atoms with Crippen molar-refractivity contribution in [2.75, 3.05) is 17.1 Å². The summed E-state index contributed by atoms with van der Waals surface area (Å²) in [6.45, 7) is 1.26. The Labute approximate surface area is 167 Å². The van der Waals surface area contributed by atoms with Gasteiger partial charge in [-0.1, -0.05) is 41.1 Å². The minimum absolute atomic E-state index is 0.0908. The lowest BCUT2D eigenvalue weighted by molar-refractivity contribution is -0.119. The van der Waals surface area contributed by atoms with Crippen LogP contribution >= 0.6 is 0 Å². The number of hydrogen-bond acceptors (Lipinski definition) is 6. The lowest BCUT2D eigenvalue weighted by Crippen LogP contribution is -2.40. The molecule has 2 aromatic carbocycles. The van der Waals surface area contributed by atoms with E-state index in [2.05, 4.69) is 15.5 Å². The standard InChI is InChI=1S/C19H19FN4O4S/c1-13-6-5-7-14(10-13)19-22-18(28-23-19)11-21-17(25)12-24(29(2,26)27)16-9-4-3-8-15(16)20/h3-10H,11-12H2,1-2H3,(H,21,25). The fourth-order valence-corrected chi connectivity index (χ4v) is 3.48. The van der Waals surface area contributed by atoms with Crippen molar-refractivity contribution < 1.29 is 22.1 Å². The summed E-state index contributed by atoms with van der Waals surface area (Å²) >= 11 is 0. The van der Waals surface area contributed by atoms with Crippen molar-refractivity contribution in [3.05, 3.63) is 65.8 Å². The van der Waals surface area contributed by atoms with Crippen molar-refractivity contribution in [3.8, 4) is 11.4 Å². The van der Waals surface area contributed by atoms with Crippen LogP contribution in [0, 0.1) is 12.7 Å². The van der Waals surface area contributed by atoms with E-state index in [9.17, 15) is 17.6 Å². The third-order valence-electron chi connectivity index (χ3n) is 3.99. The lowest BCUT2D eigenvalue weighted by Gasteiger charge is -2.22. The number of sulfonamides is 1. The van der Waals surface area contributed by atoms with Gasteiger partial charge in [-0.2, -0.15) is 4.98 Å². The molecule has 3 aromatic rings. The fraction of sp³-hybridized carbons (Fsp3) is 0.211. The minimum atomic E-state index is -3.87. The van der Waals surface area contributed by atoms with E-state index in [0.29, 0.717) is 10.1 Å². The molecule has 1 heterocycles. The van der Waals surface area contributed by atoms with E-state index in [4.69, 9.17) is 4.52 Å². The minimum Gasteiger partial charge on any atom is -0.345 e. The number of nitrogens with one attached hydrogen (secondary N) is 1. The molecule has 0 aliphatic rings. The van der Waals surface area contributed by atoms with Gasteiger partial charge in [0.05, 0.1) is 18.5 Å². The molecule has 1 aromatic heterocycles. The van der Waals surface area contributed by atoms with Crippen LogP contribution in [0.5, 0.6) is 0 Å². The Kier molecular flexibility index (Phi) is 5.92. The van der Waals surface area contributed by atoms with Crippen LogP contribution < -0.4 is 9.62 Å². The number of nitrogens with zero attached hydrogens (tertiary/aromatic N) is 3. The molecule has 0 saturated carbocycles. The molecule has 0 unspecified atom stereocenters. The lowest BCUT2D eigenvalue weighted by atomic mass is 10.1. The summed E-state index contributed by atoms with van der Waals surface area (Å²) < 4.78 is 43.8. The van der Waals surface area contributed by atoms with E-state index in [-0.39, 0.29) is 18.1 Å². The number of anilines is 1. The molecule has 10 heteroatoms. The van der Waals surface area contributed by atoms with E-state index in [1.807, 2.05) is 31.2 Å². The first-order valence-electron chi connectivity index (χ1n) is 8.62. The third-order valence-corrected chi connectivity index (χ3v) is 5.12. The summed E-state index contributed by atoms with van der Waals surface area (Å²) in [5.74, 6) is -0.854. The first-order valence-corrected chi connectivity index (χ1v) is 10.5. The maximum Gasteiger partial charge on any atom is 0.246 e. The largest absolute Gasteiger partial charge is 0.345 e. The number of rotatable bonds is 7. The van der Waals surface area contributed by atoms with Crippen LogP contribution in [0.3, 0.4) is 0 Å². The van der Waals surface area contributed by atoms with E-state index in [1.165, 1.54) is 18.2 Å². The highest BCUT2D eigenvalue weighted by Crippen LogP contribution is 2.21. The van der Waals surface area contributed by atoms with Crippen LogP contribution in [0.25, 0.3) is 11.4 Å². The van der Waals surface area contributed by atoms with Crippen LogP contribution in [-0.4, -0.2) is 37.3 Å². The SMILES string of the molecule is Cc1cccc(-c2noc(CNC(=O)CN(c3ccccc3F)S(C)(=O)=O)n2)c1. The summed E-state index contributed by atoms with van der Waals surface area (Å²) in [6.07, 6.45) is 0.902. The van der Waals surface area contributed by atoms with Crippen molar-refractivity contribution in [2.24, 2.45) is 0 Å². The zero-order valence-electron chi connectivity index (χ0n) is 15.8. The first kappa shape index (κ1) is 20.5. The molecule has 3 rings (SSSR count). The topological polar surface area (TPSA) is 105 Å². The summed E-state index contributed by atoms with van der Waals surface area (Å²) in [5, 5.41) is 6.37. The molecule has 0 saturated heterocycles. The normalized spacial score (nSPS) is 11.3. The van der Waals surface area contributed by atoms with Gasteiger partial charge in [-0.3, -0.25) is 9.10 Å². The number of amides is 1. The monoisotopic (exact) mass is 418 g/mol. The van der Waals surface area contributed by atoms with Crippen molar-refractivity contribution in [1.82, 2.24) is 15.5 Å². The predicted octanol–water partition coefficient (Wildman–Crippen LogP) is 2.27. The fourth-order valence-electron chi connectivity index (χ4n) is 2.62. The van der Waals surface area contributed by atoms with Crippen molar-refractivity contribution in [1.29, 1.82) is 0 Å². The van der Waals surface area contributed by atoms with Crippen molar-refractivity contribution >= 4 is 21.6 Å². The van der Waals surface area contributed by atoms with E-state index >= 15 is 0 Å². The Morgan fingerprint density at radius 2 is 1.97 bits per heavy atom. The predicted molar refractivity (Wildman–Crippen MR) is 105 cm³/mol. The molecule has 0 radical (unpaired) electrons. The highest BCUT2D eigenvalue weighted by atomic mass is 32.2. The highest BCUT2D eigenvalue weighted by molar-refractivity contribution is 7.92. The van der Waals surface area contributed by atoms with Crippen LogP contribution in [0.2, 0.25) is 0 Å². The van der Waals surface area contributed by atoms with Gasteiger partial charge in [0, 0.05) is 5.56 Å². The highest BCUT2D eigenvalue weighted by Gasteiger charge is 2.23. The van der Waals surface area contributed by atoms with Crippen molar-refractivity contribution in [3.63, 3.8) is 0 Å². The molecule has 0 spiro atoms. The van der Waals surface area contributed by atoms with Gasteiger partial charge in [0.1, 0.15) is 12.4 Å². The molecule has 0 bridgehead atoms. The van der Waals surface area contributed by atoms with Crippen LogP contribution in [0.15, 0.2) is 53.1 Å². The van der Waals surface area contributed by atoms with E-state index < -0.39 is 28.3 Å². The van der Waals surface area contributed by atoms with Crippen LogP contribution in [0.1, 0.15) is 11.5 Å². The van der Waals surface area contributed by atoms with Gasteiger partial charge >= 0.3 is 0 Å². The van der Waals surface area contributed by atoms with Gasteiger partial charge < -0.3 is 9.84 Å².